The molecule has 6 heteroatoms. The predicted molar refractivity (Wildman–Crippen MR) is 69.4 cm³/mol. The van der Waals surface area contributed by atoms with Crippen molar-refractivity contribution in [3.8, 4) is 0 Å². The normalized spacial score (nSPS) is 13.8. The summed E-state index contributed by atoms with van der Waals surface area (Å²) in [5.41, 5.74) is -1.25. The van der Waals surface area contributed by atoms with Gasteiger partial charge in [0, 0.05) is 17.9 Å². The number of carboxylic acids is 1. The van der Waals surface area contributed by atoms with E-state index in [-0.39, 0.29) is 17.9 Å². The highest BCUT2D eigenvalue weighted by Gasteiger charge is 2.32. The number of unbranched alkanes of at least 4 members (excludes halogenated alkanes) is 2. The lowest BCUT2D eigenvalue weighted by molar-refractivity contribution is -0.137. The van der Waals surface area contributed by atoms with Crippen molar-refractivity contribution in [1.29, 1.82) is 0 Å². The molecule has 0 bridgehead atoms. The van der Waals surface area contributed by atoms with E-state index in [9.17, 15) is 15.0 Å². The predicted octanol–water partition coefficient (Wildman–Crippen LogP) is 0.973. The third-order valence-corrected chi connectivity index (χ3v) is 3.63. The molecule has 0 aliphatic carbocycles. The van der Waals surface area contributed by atoms with Crippen molar-refractivity contribution in [3.63, 3.8) is 0 Å². The SMILES string of the molecule is O=C(O)CCCCCC(O)C(O)(CS)CS. The van der Waals surface area contributed by atoms with Gasteiger partial charge in [-0.1, -0.05) is 12.8 Å². The molecule has 16 heavy (non-hydrogen) atoms. The molecule has 0 aromatic rings. The van der Waals surface area contributed by atoms with Crippen LogP contribution >= 0.6 is 25.3 Å². The molecule has 0 amide bonds. The van der Waals surface area contributed by atoms with E-state index in [2.05, 4.69) is 25.3 Å². The van der Waals surface area contributed by atoms with Gasteiger partial charge in [-0.05, 0) is 12.8 Å². The van der Waals surface area contributed by atoms with Crippen molar-refractivity contribution in [2.75, 3.05) is 11.5 Å². The third kappa shape index (κ3) is 5.98. The maximum Gasteiger partial charge on any atom is 0.303 e. The fraction of sp³-hybridized carbons (Fsp3) is 0.900. The average Bonchev–Trinajstić information content (AvgIpc) is 2.26. The zero-order valence-corrected chi connectivity index (χ0v) is 11.0. The van der Waals surface area contributed by atoms with E-state index in [0.717, 1.165) is 6.42 Å². The van der Waals surface area contributed by atoms with Gasteiger partial charge in [0.25, 0.3) is 0 Å². The number of hydrogen-bond donors (Lipinski definition) is 5. The van der Waals surface area contributed by atoms with Crippen molar-refractivity contribution in [1.82, 2.24) is 0 Å². The molecule has 0 spiro atoms. The molecule has 0 aromatic carbocycles. The lowest BCUT2D eigenvalue weighted by Gasteiger charge is -2.29. The van der Waals surface area contributed by atoms with E-state index in [1.807, 2.05) is 0 Å². The average molecular weight is 268 g/mol. The summed E-state index contributed by atoms with van der Waals surface area (Å²) in [6, 6.07) is 0. The van der Waals surface area contributed by atoms with Crippen LogP contribution in [0.4, 0.5) is 0 Å². The summed E-state index contributed by atoms with van der Waals surface area (Å²) in [6.45, 7) is 0. The summed E-state index contributed by atoms with van der Waals surface area (Å²) in [7, 11) is 0. The molecule has 3 N–H and O–H groups in total. The summed E-state index contributed by atoms with van der Waals surface area (Å²) >= 11 is 7.95. The summed E-state index contributed by atoms with van der Waals surface area (Å²) in [5, 5.41) is 28.0. The summed E-state index contributed by atoms with van der Waals surface area (Å²) in [6.07, 6.45) is 1.77. The molecular weight excluding hydrogens is 248 g/mol. The number of aliphatic hydroxyl groups is 2. The molecule has 96 valence electrons. The largest absolute Gasteiger partial charge is 0.481 e. The summed E-state index contributed by atoms with van der Waals surface area (Å²) in [4.78, 5) is 10.2. The van der Waals surface area contributed by atoms with Crippen LogP contribution in [0, 0.1) is 0 Å². The maximum absolute atomic E-state index is 10.2. The van der Waals surface area contributed by atoms with Gasteiger partial charge in [-0.25, -0.2) is 0 Å². The van der Waals surface area contributed by atoms with Crippen LogP contribution < -0.4 is 0 Å². The van der Waals surface area contributed by atoms with Gasteiger partial charge in [0.2, 0.25) is 0 Å². The zero-order valence-electron chi connectivity index (χ0n) is 9.17. The topological polar surface area (TPSA) is 77.8 Å². The van der Waals surface area contributed by atoms with Crippen LogP contribution in [0.2, 0.25) is 0 Å². The Morgan fingerprint density at radius 3 is 2.19 bits per heavy atom. The van der Waals surface area contributed by atoms with Crippen LogP contribution in [0.5, 0.6) is 0 Å². The lowest BCUT2D eigenvalue weighted by atomic mass is 9.96. The standard InChI is InChI=1S/C10H20O4S2/c11-8(10(14,6-15)7-16)4-2-1-3-5-9(12)13/h8,11,14-16H,1-7H2,(H,12,13). The molecule has 4 nitrogen and oxygen atoms in total. The first-order chi connectivity index (χ1) is 7.46. The van der Waals surface area contributed by atoms with Crippen molar-refractivity contribution in [2.45, 2.75) is 43.8 Å². The molecule has 1 atom stereocenters. The highest BCUT2D eigenvalue weighted by Crippen LogP contribution is 2.19. The molecule has 0 saturated heterocycles. The second-order valence-electron chi connectivity index (χ2n) is 3.93. The fourth-order valence-corrected chi connectivity index (χ4v) is 2.14. The first-order valence-corrected chi connectivity index (χ1v) is 6.56. The molecule has 0 aromatic heterocycles. The Morgan fingerprint density at radius 1 is 1.19 bits per heavy atom. The minimum absolute atomic E-state index is 0.152. The Bertz CT molecular complexity index is 207. The summed E-state index contributed by atoms with van der Waals surface area (Å²) < 4.78 is 0. The second-order valence-corrected chi connectivity index (χ2v) is 4.56. The van der Waals surface area contributed by atoms with Gasteiger partial charge in [0.1, 0.15) is 5.60 Å². The van der Waals surface area contributed by atoms with Gasteiger partial charge in [-0.3, -0.25) is 4.79 Å². The number of thiol groups is 2. The van der Waals surface area contributed by atoms with Crippen LogP contribution in [-0.2, 0) is 4.79 Å². The Hall–Kier alpha value is 0.0900. The summed E-state index contributed by atoms with van der Waals surface area (Å²) in [5.74, 6) is -0.484. The minimum atomic E-state index is -1.25. The van der Waals surface area contributed by atoms with E-state index in [1.165, 1.54) is 0 Å². The van der Waals surface area contributed by atoms with Gasteiger partial charge < -0.3 is 15.3 Å². The molecule has 0 saturated carbocycles. The van der Waals surface area contributed by atoms with E-state index < -0.39 is 17.7 Å². The van der Waals surface area contributed by atoms with Crippen molar-refractivity contribution >= 4 is 31.2 Å². The van der Waals surface area contributed by atoms with E-state index in [4.69, 9.17) is 5.11 Å². The number of aliphatic hydroxyl groups excluding tert-OH is 1. The first-order valence-electron chi connectivity index (χ1n) is 5.30. The second kappa shape index (κ2) is 8.22. The number of carbonyl (C=O) groups is 1. The van der Waals surface area contributed by atoms with Crippen LogP contribution in [0.15, 0.2) is 0 Å². The van der Waals surface area contributed by atoms with Gasteiger partial charge in [-0.2, -0.15) is 25.3 Å². The molecule has 0 aliphatic heterocycles. The van der Waals surface area contributed by atoms with E-state index in [1.54, 1.807) is 0 Å². The van der Waals surface area contributed by atoms with Gasteiger partial charge in [0.05, 0.1) is 6.10 Å². The smallest absolute Gasteiger partial charge is 0.303 e. The minimum Gasteiger partial charge on any atom is -0.481 e. The van der Waals surface area contributed by atoms with Crippen LogP contribution in [0.1, 0.15) is 32.1 Å². The molecule has 0 radical (unpaired) electrons. The highest BCUT2D eigenvalue weighted by molar-refractivity contribution is 7.81. The monoisotopic (exact) mass is 268 g/mol. The molecular formula is C10H20O4S2. The Balaban J connectivity index is 3.72. The van der Waals surface area contributed by atoms with Crippen LogP contribution in [0.3, 0.4) is 0 Å². The van der Waals surface area contributed by atoms with E-state index >= 15 is 0 Å². The first kappa shape index (κ1) is 16.1. The quantitative estimate of drug-likeness (QED) is 0.319. The van der Waals surface area contributed by atoms with Crippen LogP contribution in [-0.4, -0.2) is 44.5 Å². The van der Waals surface area contributed by atoms with Gasteiger partial charge in [0.15, 0.2) is 0 Å². The van der Waals surface area contributed by atoms with E-state index in [0.29, 0.717) is 19.3 Å². The van der Waals surface area contributed by atoms with Crippen LogP contribution in [0.25, 0.3) is 0 Å². The number of carboxylic acid groups (broad SMARTS) is 1. The van der Waals surface area contributed by atoms with Crippen molar-refractivity contribution < 1.29 is 20.1 Å². The fourth-order valence-electron chi connectivity index (χ4n) is 1.32. The number of rotatable bonds is 9. The molecule has 0 fully saturated rings. The number of aliphatic carboxylic acids is 1. The lowest BCUT2D eigenvalue weighted by Crippen LogP contribution is -2.46. The highest BCUT2D eigenvalue weighted by atomic mass is 32.1. The third-order valence-electron chi connectivity index (χ3n) is 2.54. The molecule has 1 unspecified atom stereocenters. The molecule has 0 rings (SSSR count). The molecule has 0 heterocycles. The Kier molecular flexibility index (Phi) is 8.27. The van der Waals surface area contributed by atoms with Crippen molar-refractivity contribution in [3.05, 3.63) is 0 Å². The van der Waals surface area contributed by atoms with Gasteiger partial charge >= 0.3 is 5.97 Å². The van der Waals surface area contributed by atoms with Crippen molar-refractivity contribution in [2.24, 2.45) is 0 Å². The Morgan fingerprint density at radius 2 is 1.75 bits per heavy atom. The Labute approximate surface area is 107 Å². The maximum atomic E-state index is 10.2. The zero-order chi connectivity index (χ0) is 12.6. The molecule has 0 aliphatic rings. The number of hydrogen-bond acceptors (Lipinski definition) is 5. The van der Waals surface area contributed by atoms with Gasteiger partial charge in [-0.15, -0.1) is 0 Å².